The van der Waals surface area contributed by atoms with Gasteiger partial charge in [0.15, 0.2) is 0 Å². The molecule has 122 valence electrons. The Bertz CT molecular complexity index is 1030. The van der Waals surface area contributed by atoms with Crippen LogP contribution in [-0.4, -0.2) is 36.6 Å². The molecule has 0 N–H and O–H groups in total. The van der Waals surface area contributed by atoms with Crippen LogP contribution in [0, 0.1) is 0 Å². The van der Waals surface area contributed by atoms with Crippen LogP contribution < -0.4 is 11.1 Å². The van der Waals surface area contributed by atoms with Crippen LogP contribution in [0.3, 0.4) is 0 Å². The first-order valence-electron chi connectivity index (χ1n) is 7.92. The number of rotatable bonds is 5. The number of aromatic nitrogens is 2. The summed E-state index contributed by atoms with van der Waals surface area (Å²) in [5.41, 5.74) is 0.332. The summed E-state index contributed by atoms with van der Waals surface area (Å²) in [6.45, 7) is 1.57. The van der Waals surface area contributed by atoms with Crippen LogP contribution in [0.2, 0.25) is 0 Å². The summed E-state index contributed by atoms with van der Waals surface area (Å²) in [7, 11) is 0. The van der Waals surface area contributed by atoms with Crippen molar-refractivity contribution in [2.24, 2.45) is 0 Å². The molecule has 0 fully saturated rings. The summed E-state index contributed by atoms with van der Waals surface area (Å²) in [6, 6.07) is 15.8. The van der Waals surface area contributed by atoms with Crippen molar-refractivity contribution in [3.63, 3.8) is 0 Å². The number of benzene rings is 2. The van der Waals surface area contributed by atoms with Gasteiger partial charge < -0.3 is 0 Å². The van der Waals surface area contributed by atoms with E-state index in [9.17, 15) is 9.59 Å². The zero-order valence-electron chi connectivity index (χ0n) is 13.0. The Hall–Kier alpha value is -1.58. The van der Waals surface area contributed by atoms with Gasteiger partial charge in [-0.25, -0.2) is 0 Å². The Kier molecular flexibility index (Phi) is 4.47. The fourth-order valence-corrected chi connectivity index (χ4v) is 7.17. The van der Waals surface area contributed by atoms with E-state index in [1.807, 2.05) is 43.5 Å². The molecule has 0 saturated heterocycles. The molecule has 6 heteroatoms. The standard InChI is InChI=1S/C18H16N2O2Se2/c21-17-13-7-1-3-9-15(13)23-19(17)11-5-6-12-20-18(22)14-8-2-4-10-16(14)24-20/h1-4,7-10H,5-6,11-12H2. The van der Waals surface area contributed by atoms with Crippen molar-refractivity contribution in [3.05, 3.63) is 69.2 Å². The Morgan fingerprint density at radius 3 is 1.50 bits per heavy atom. The second kappa shape index (κ2) is 6.73. The molecule has 4 aromatic rings. The monoisotopic (exact) mass is 452 g/mol. The van der Waals surface area contributed by atoms with E-state index in [0.29, 0.717) is 0 Å². The summed E-state index contributed by atoms with van der Waals surface area (Å²) in [5.74, 6) is 0. The molecule has 0 aliphatic heterocycles. The quantitative estimate of drug-likeness (QED) is 0.345. The SMILES string of the molecule is O=c1c2ccccc2[se]n1CCCCn1[se]c2ccccc2c1=O. The number of fused-ring (bicyclic) bond motifs is 2. The van der Waals surface area contributed by atoms with Gasteiger partial charge in [-0.1, -0.05) is 0 Å². The molecule has 4 nitrogen and oxygen atoms in total. The minimum atomic E-state index is 0.108. The Morgan fingerprint density at radius 1 is 0.667 bits per heavy atom. The molecule has 4 rings (SSSR count). The Labute approximate surface area is 150 Å². The molecule has 0 bridgehead atoms. The second-order valence-electron chi connectivity index (χ2n) is 5.70. The molecule has 2 aromatic heterocycles. The predicted molar refractivity (Wildman–Crippen MR) is 99.5 cm³/mol. The van der Waals surface area contributed by atoms with Crippen LogP contribution in [0.15, 0.2) is 58.1 Å². The van der Waals surface area contributed by atoms with E-state index in [4.69, 9.17) is 0 Å². The molecule has 0 atom stereocenters. The maximum absolute atomic E-state index is 12.3. The van der Waals surface area contributed by atoms with Crippen LogP contribution in [0.5, 0.6) is 0 Å². The van der Waals surface area contributed by atoms with E-state index in [1.54, 1.807) is 0 Å². The molecule has 0 radical (unpaired) electrons. The minimum absolute atomic E-state index is 0.108. The van der Waals surface area contributed by atoms with Crippen LogP contribution >= 0.6 is 0 Å². The van der Waals surface area contributed by atoms with Gasteiger partial charge in [0.1, 0.15) is 0 Å². The molecule has 0 saturated carbocycles. The van der Waals surface area contributed by atoms with Crippen molar-refractivity contribution < 1.29 is 0 Å². The first-order chi connectivity index (χ1) is 11.7. The van der Waals surface area contributed by atoms with Gasteiger partial charge in [-0.2, -0.15) is 0 Å². The third-order valence-corrected chi connectivity index (χ3v) is 8.78. The third-order valence-electron chi connectivity index (χ3n) is 4.08. The zero-order valence-corrected chi connectivity index (χ0v) is 16.4. The second-order valence-corrected chi connectivity index (χ2v) is 10.2. The van der Waals surface area contributed by atoms with E-state index in [-0.39, 0.29) is 40.6 Å². The normalized spacial score (nSPS) is 11.5. The van der Waals surface area contributed by atoms with Gasteiger partial charge in [0.05, 0.1) is 0 Å². The number of aryl methyl sites for hydroxylation is 2. The zero-order chi connectivity index (χ0) is 16.5. The van der Waals surface area contributed by atoms with Crippen molar-refractivity contribution in [3.8, 4) is 0 Å². The van der Waals surface area contributed by atoms with Crippen LogP contribution in [0.25, 0.3) is 19.3 Å². The van der Waals surface area contributed by atoms with Crippen molar-refractivity contribution >= 4 is 48.8 Å². The van der Waals surface area contributed by atoms with Gasteiger partial charge in [0, 0.05) is 0 Å². The number of hydrogen-bond acceptors (Lipinski definition) is 2. The van der Waals surface area contributed by atoms with E-state index < -0.39 is 0 Å². The summed E-state index contributed by atoms with van der Waals surface area (Å²) >= 11 is 0.217. The van der Waals surface area contributed by atoms with Gasteiger partial charge in [-0.15, -0.1) is 0 Å². The van der Waals surface area contributed by atoms with Crippen molar-refractivity contribution in [2.75, 3.05) is 0 Å². The van der Waals surface area contributed by atoms with Crippen LogP contribution in [0.1, 0.15) is 12.8 Å². The van der Waals surface area contributed by atoms with Crippen LogP contribution in [0.4, 0.5) is 0 Å². The fraction of sp³-hybridized carbons (Fsp3) is 0.222. The third kappa shape index (κ3) is 2.91. The molecule has 2 aromatic carbocycles. The van der Waals surface area contributed by atoms with Crippen LogP contribution in [-0.2, 0) is 13.1 Å². The summed E-state index contributed by atoms with van der Waals surface area (Å²) in [5, 5.41) is 1.73. The van der Waals surface area contributed by atoms with Gasteiger partial charge in [-0.05, 0) is 0 Å². The van der Waals surface area contributed by atoms with Gasteiger partial charge in [0.25, 0.3) is 0 Å². The molecule has 24 heavy (non-hydrogen) atoms. The molecule has 2 heterocycles. The molecule has 0 unspecified atom stereocenters. The number of hydrogen-bond donors (Lipinski definition) is 0. The van der Waals surface area contributed by atoms with Crippen molar-refractivity contribution in [2.45, 2.75) is 25.9 Å². The van der Waals surface area contributed by atoms with Gasteiger partial charge in [0.2, 0.25) is 0 Å². The van der Waals surface area contributed by atoms with E-state index >= 15 is 0 Å². The summed E-state index contributed by atoms with van der Waals surface area (Å²) in [4.78, 5) is 24.7. The Morgan fingerprint density at radius 2 is 1.08 bits per heavy atom. The molecular formula is C18H16N2O2Se2. The van der Waals surface area contributed by atoms with E-state index in [2.05, 4.69) is 12.1 Å². The number of nitrogens with zero attached hydrogens (tertiary/aromatic N) is 2. The molecule has 0 aliphatic carbocycles. The van der Waals surface area contributed by atoms with Crippen molar-refractivity contribution in [1.82, 2.24) is 7.12 Å². The molecule has 0 aliphatic rings. The van der Waals surface area contributed by atoms with Crippen molar-refractivity contribution in [1.29, 1.82) is 0 Å². The number of unbranched alkanes of at least 4 members (excludes halogenated alkanes) is 1. The maximum atomic E-state index is 12.3. The molecule has 0 amide bonds. The van der Waals surface area contributed by atoms with Gasteiger partial charge in [-0.3, -0.25) is 0 Å². The summed E-state index contributed by atoms with van der Waals surface area (Å²) in [6.07, 6.45) is 1.88. The predicted octanol–water partition coefficient (Wildman–Crippen LogP) is 1.91. The average molecular weight is 450 g/mol. The van der Waals surface area contributed by atoms with E-state index in [1.165, 1.54) is 8.52 Å². The molecular weight excluding hydrogens is 434 g/mol. The fourth-order valence-electron chi connectivity index (χ4n) is 2.84. The first kappa shape index (κ1) is 15.9. The first-order valence-corrected chi connectivity index (χ1v) is 11.2. The topological polar surface area (TPSA) is 44.0 Å². The van der Waals surface area contributed by atoms with E-state index in [0.717, 1.165) is 36.7 Å². The molecule has 0 spiro atoms. The Balaban J connectivity index is 1.43. The van der Waals surface area contributed by atoms with Gasteiger partial charge >= 0.3 is 151 Å². The summed E-state index contributed by atoms with van der Waals surface area (Å²) < 4.78 is 6.32. The average Bonchev–Trinajstić information content (AvgIpc) is 3.10.